The zero-order valence-corrected chi connectivity index (χ0v) is 32.8. The third-order valence-corrected chi connectivity index (χ3v) is 11.4. The van der Waals surface area contributed by atoms with Crippen molar-refractivity contribution in [3.8, 4) is 11.3 Å². The molecule has 0 aliphatic carbocycles. The van der Waals surface area contributed by atoms with Crippen LogP contribution < -0.4 is 0 Å². The third kappa shape index (κ3) is 7.01. The average Bonchev–Trinajstić information content (AvgIpc) is 3.71. The van der Waals surface area contributed by atoms with Gasteiger partial charge in [0.1, 0.15) is 16.9 Å². The summed E-state index contributed by atoms with van der Waals surface area (Å²) in [6, 6.07) is 20.6. The van der Waals surface area contributed by atoms with Gasteiger partial charge in [0.2, 0.25) is 0 Å². The van der Waals surface area contributed by atoms with Crippen molar-refractivity contribution in [2.75, 3.05) is 0 Å². The van der Waals surface area contributed by atoms with E-state index in [-0.39, 0.29) is 47.9 Å². The molecule has 0 fully saturated rings. The SMILES string of the molecule is CC(C)(C)c1cc(-c2ncnc3sc4c(ccc5ccoc54)c23)[c-]c2ccccc12.CCC(C)(CC)C(=O)/C=C(\O)C(C)(CC)CC.[Ir]. The fraction of sp³-hybridized carbons (Fsp3) is 0.390. The van der Waals surface area contributed by atoms with E-state index in [9.17, 15) is 9.90 Å². The standard InChI is InChI=1S/C26H19N2OS.C15H28O2.Ir/c1-26(2,3)20-13-17(12-16-6-4-5-7-18(16)20)22-21-19-9-8-15-10-11-29-23(15)24(19)30-25(21)28-14-27-22;1-7-14(5,8-2)12(16)11-13(17)15(6,9-3)10-4;/h4-11,13-14H,1-3H3;11,16H,7-10H2,1-6H3;/q-1;;/b;12-11-;. The van der Waals surface area contributed by atoms with Crippen molar-refractivity contribution in [3.63, 3.8) is 0 Å². The number of furan rings is 1. The van der Waals surface area contributed by atoms with Gasteiger partial charge in [-0.3, -0.25) is 9.78 Å². The first-order valence-electron chi connectivity index (χ1n) is 16.7. The van der Waals surface area contributed by atoms with Crippen molar-refractivity contribution in [2.45, 2.75) is 93.4 Å². The van der Waals surface area contributed by atoms with E-state index >= 15 is 0 Å². The van der Waals surface area contributed by atoms with Crippen LogP contribution in [0, 0.1) is 16.9 Å². The first kappa shape index (κ1) is 37.4. The van der Waals surface area contributed by atoms with Crippen LogP contribution in [0.4, 0.5) is 0 Å². The first-order valence-corrected chi connectivity index (χ1v) is 17.6. The molecule has 0 amide bonds. The molecule has 0 bridgehead atoms. The predicted octanol–water partition coefficient (Wildman–Crippen LogP) is 12.2. The van der Waals surface area contributed by atoms with Crippen molar-refractivity contribution in [1.29, 1.82) is 0 Å². The fourth-order valence-corrected chi connectivity index (χ4v) is 7.10. The first-order chi connectivity index (χ1) is 22.3. The van der Waals surface area contributed by atoms with Crippen LogP contribution in [0.2, 0.25) is 0 Å². The van der Waals surface area contributed by atoms with Gasteiger partial charge in [-0.2, -0.15) is 0 Å². The molecule has 6 rings (SSSR count). The van der Waals surface area contributed by atoms with E-state index in [0.717, 1.165) is 73.6 Å². The molecular weight excluding hydrogens is 793 g/mol. The number of carbonyl (C=O) groups is 1. The Morgan fingerprint density at radius 1 is 0.896 bits per heavy atom. The molecule has 0 spiro atoms. The number of carbonyl (C=O) groups excluding carboxylic acids is 1. The molecule has 1 N–H and O–H groups in total. The molecule has 3 heterocycles. The molecule has 255 valence electrons. The normalized spacial score (nSPS) is 12.7. The summed E-state index contributed by atoms with van der Waals surface area (Å²) in [5.74, 6) is 0.286. The Morgan fingerprint density at radius 2 is 1.56 bits per heavy atom. The van der Waals surface area contributed by atoms with Crippen LogP contribution in [-0.4, -0.2) is 20.9 Å². The molecule has 3 aromatic carbocycles. The van der Waals surface area contributed by atoms with Crippen LogP contribution in [0.5, 0.6) is 0 Å². The number of hydrogen-bond acceptors (Lipinski definition) is 6. The number of fused-ring (bicyclic) bond motifs is 6. The second-order valence-corrected chi connectivity index (χ2v) is 15.1. The minimum absolute atomic E-state index is 0. The summed E-state index contributed by atoms with van der Waals surface area (Å²) in [6.45, 7) is 18.8. The largest absolute Gasteiger partial charge is 0.512 e. The molecule has 0 saturated heterocycles. The molecule has 7 heteroatoms. The van der Waals surface area contributed by atoms with Crippen molar-refractivity contribution in [1.82, 2.24) is 9.97 Å². The van der Waals surface area contributed by atoms with Gasteiger partial charge in [-0.05, 0) is 37.2 Å². The molecule has 0 saturated carbocycles. The molecule has 0 aliphatic rings. The van der Waals surface area contributed by atoms with Gasteiger partial charge in [0.25, 0.3) is 0 Å². The smallest absolute Gasteiger partial charge is 0.164 e. The van der Waals surface area contributed by atoms with Crippen molar-refractivity contribution in [3.05, 3.63) is 84.6 Å². The Bertz CT molecular complexity index is 2090. The molecule has 48 heavy (non-hydrogen) atoms. The van der Waals surface area contributed by atoms with Crippen LogP contribution >= 0.6 is 11.3 Å². The maximum Gasteiger partial charge on any atom is 0.164 e. The minimum atomic E-state index is -0.337. The van der Waals surface area contributed by atoms with Crippen LogP contribution in [0.3, 0.4) is 0 Å². The Balaban J connectivity index is 0.000000251. The van der Waals surface area contributed by atoms with Crippen molar-refractivity contribution < 1.29 is 34.4 Å². The zero-order chi connectivity index (χ0) is 34.1. The summed E-state index contributed by atoms with van der Waals surface area (Å²) in [6.07, 6.45) is 8.16. The van der Waals surface area contributed by atoms with E-state index < -0.39 is 0 Å². The Morgan fingerprint density at radius 3 is 2.21 bits per heavy atom. The van der Waals surface area contributed by atoms with Gasteiger partial charge in [0.15, 0.2) is 11.4 Å². The minimum Gasteiger partial charge on any atom is -0.512 e. The predicted molar refractivity (Wildman–Crippen MR) is 198 cm³/mol. The fourth-order valence-electron chi connectivity index (χ4n) is 5.96. The number of nitrogens with zero attached hydrogens (tertiary/aromatic N) is 2. The molecule has 0 unspecified atom stereocenters. The zero-order valence-electron chi connectivity index (χ0n) is 29.6. The summed E-state index contributed by atoms with van der Waals surface area (Å²) in [5.41, 5.74) is 3.55. The number of hydrogen-bond donors (Lipinski definition) is 1. The van der Waals surface area contributed by atoms with E-state index in [4.69, 9.17) is 9.40 Å². The molecule has 1 radical (unpaired) electrons. The van der Waals surface area contributed by atoms with E-state index in [0.29, 0.717) is 0 Å². The van der Waals surface area contributed by atoms with E-state index in [1.165, 1.54) is 17.0 Å². The summed E-state index contributed by atoms with van der Waals surface area (Å²) >= 11 is 1.66. The number of aliphatic hydroxyl groups excluding tert-OH is 1. The second kappa shape index (κ2) is 14.6. The van der Waals surface area contributed by atoms with Crippen LogP contribution in [-0.2, 0) is 30.3 Å². The number of ketones is 1. The summed E-state index contributed by atoms with van der Waals surface area (Å²) in [7, 11) is 0. The molecule has 0 aliphatic heterocycles. The van der Waals surface area contributed by atoms with Gasteiger partial charge in [-0.15, -0.1) is 40.5 Å². The summed E-state index contributed by atoms with van der Waals surface area (Å²) in [5, 5.41) is 15.8. The molecule has 6 aromatic rings. The second-order valence-electron chi connectivity index (χ2n) is 14.1. The summed E-state index contributed by atoms with van der Waals surface area (Å²) < 4.78 is 6.90. The van der Waals surface area contributed by atoms with Gasteiger partial charge in [0.05, 0.1) is 11.0 Å². The van der Waals surface area contributed by atoms with E-state index in [2.05, 4.69) is 74.3 Å². The monoisotopic (exact) mass is 840 g/mol. The Hall–Kier alpha value is -3.38. The van der Waals surface area contributed by atoms with Crippen molar-refractivity contribution >= 4 is 59.2 Å². The average molecular weight is 840 g/mol. The van der Waals surface area contributed by atoms with Gasteiger partial charge < -0.3 is 9.52 Å². The van der Waals surface area contributed by atoms with E-state index in [1.54, 1.807) is 23.9 Å². The Kier molecular flexibility index (Phi) is 11.4. The molecular formula is C41H47IrN2O3S-. The van der Waals surface area contributed by atoms with Gasteiger partial charge in [0, 0.05) is 58.9 Å². The van der Waals surface area contributed by atoms with Gasteiger partial charge >= 0.3 is 0 Å². The summed E-state index contributed by atoms with van der Waals surface area (Å²) in [4.78, 5) is 22.5. The maximum absolute atomic E-state index is 12.2. The Labute approximate surface area is 302 Å². The number of aliphatic hydroxyl groups is 1. The number of aromatic nitrogens is 2. The quantitative estimate of drug-likeness (QED) is 0.0938. The van der Waals surface area contributed by atoms with Crippen molar-refractivity contribution in [2.24, 2.45) is 10.8 Å². The molecule has 5 nitrogen and oxygen atoms in total. The maximum atomic E-state index is 12.2. The number of rotatable bonds is 8. The molecule has 0 atom stereocenters. The molecule has 3 aromatic heterocycles. The van der Waals surface area contributed by atoms with Crippen LogP contribution in [0.1, 0.15) is 93.6 Å². The third-order valence-electron chi connectivity index (χ3n) is 10.3. The van der Waals surface area contributed by atoms with Crippen LogP contribution in [0.25, 0.3) is 53.3 Å². The number of benzene rings is 3. The van der Waals surface area contributed by atoms with Gasteiger partial charge in [-0.25, -0.2) is 4.98 Å². The van der Waals surface area contributed by atoms with Gasteiger partial charge in [-0.1, -0.05) is 104 Å². The van der Waals surface area contributed by atoms with E-state index in [1.807, 2.05) is 47.6 Å². The number of allylic oxidation sites excluding steroid dienone is 2. The topological polar surface area (TPSA) is 76.2 Å². The number of thiophene rings is 1. The van der Waals surface area contributed by atoms with Crippen LogP contribution in [0.15, 0.2) is 77.4 Å².